The summed E-state index contributed by atoms with van der Waals surface area (Å²) < 4.78 is 0. The lowest BCUT2D eigenvalue weighted by Gasteiger charge is -2.56. The van der Waals surface area contributed by atoms with Crippen LogP contribution in [-0.2, 0) is 11.3 Å². The van der Waals surface area contributed by atoms with Crippen LogP contribution < -0.4 is 5.32 Å². The van der Waals surface area contributed by atoms with E-state index < -0.39 is 5.54 Å². The first-order valence-electron chi connectivity index (χ1n) is 11.8. The molecule has 2 aromatic rings. The van der Waals surface area contributed by atoms with Crippen LogP contribution in [0.2, 0.25) is 0 Å². The van der Waals surface area contributed by atoms with Gasteiger partial charge in [0.25, 0.3) is 5.91 Å². The lowest BCUT2D eigenvalue weighted by atomic mass is 9.64. The van der Waals surface area contributed by atoms with E-state index in [1.807, 2.05) is 36.4 Å². The molecule has 2 aliphatic carbocycles. The van der Waals surface area contributed by atoms with Crippen molar-refractivity contribution in [3.63, 3.8) is 0 Å². The van der Waals surface area contributed by atoms with Crippen molar-refractivity contribution >= 4 is 11.8 Å². The minimum Gasteiger partial charge on any atom is -0.351 e. The Balaban J connectivity index is 1.56. The lowest BCUT2D eigenvalue weighted by Crippen LogP contribution is -2.65. The van der Waals surface area contributed by atoms with Gasteiger partial charge in [-0.05, 0) is 48.9 Å². The number of nitrogens with one attached hydrogen (secondary N) is 1. The minimum atomic E-state index is -0.405. The van der Waals surface area contributed by atoms with Gasteiger partial charge < -0.3 is 10.2 Å². The van der Waals surface area contributed by atoms with E-state index in [1.165, 1.54) is 19.3 Å². The molecule has 0 bridgehead atoms. The van der Waals surface area contributed by atoms with Gasteiger partial charge in [-0.3, -0.25) is 14.6 Å². The highest BCUT2D eigenvalue weighted by molar-refractivity contribution is 6.02. The van der Waals surface area contributed by atoms with Gasteiger partial charge in [0.2, 0.25) is 5.91 Å². The minimum absolute atomic E-state index is 0.0358. The molecule has 1 aromatic carbocycles. The van der Waals surface area contributed by atoms with Crippen LogP contribution in [0.3, 0.4) is 0 Å². The van der Waals surface area contributed by atoms with E-state index in [9.17, 15) is 9.59 Å². The molecule has 1 spiro atoms. The molecule has 1 atom stereocenters. The standard InChI is InChI=1S/C26H31N3O2/c30-24(28-18-19-9-8-16-27-17-19)23-21-12-4-5-13-22(21)25(31)29(20-10-2-3-11-20)26(23)14-6-1-7-15-26/h4-5,8-9,12-13,16-17,20,23H,1-3,6-7,10-11,14-15,18H2,(H,28,30)/t23-/m1/s1. The molecular weight excluding hydrogens is 386 g/mol. The molecule has 0 unspecified atom stereocenters. The summed E-state index contributed by atoms with van der Waals surface area (Å²) in [6.45, 7) is 0.457. The third-order valence-corrected chi connectivity index (χ3v) is 7.60. The number of hydrogen-bond donors (Lipinski definition) is 1. The third-order valence-electron chi connectivity index (χ3n) is 7.60. The van der Waals surface area contributed by atoms with Crippen LogP contribution in [0.15, 0.2) is 48.8 Å². The van der Waals surface area contributed by atoms with Crippen LogP contribution in [0, 0.1) is 0 Å². The number of benzene rings is 1. The van der Waals surface area contributed by atoms with Gasteiger partial charge in [-0.2, -0.15) is 0 Å². The van der Waals surface area contributed by atoms with Gasteiger partial charge in [-0.1, -0.05) is 56.4 Å². The fourth-order valence-corrected chi connectivity index (χ4v) is 6.27. The number of aromatic nitrogens is 1. The van der Waals surface area contributed by atoms with Crippen LogP contribution in [-0.4, -0.2) is 33.3 Å². The van der Waals surface area contributed by atoms with Crippen molar-refractivity contribution in [2.75, 3.05) is 0 Å². The lowest BCUT2D eigenvalue weighted by molar-refractivity contribution is -0.128. The van der Waals surface area contributed by atoms with Crippen molar-refractivity contribution in [1.29, 1.82) is 0 Å². The zero-order valence-electron chi connectivity index (χ0n) is 18.1. The van der Waals surface area contributed by atoms with Crippen molar-refractivity contribution in [2.45, 2.75) is 81.8 Å². The zero-order valence-corrected chi connectivity index (χ0v) is 18.1. The molecule has 5 nitrogen and oxygen atoms in total. The molecule has 162 valence electrons. The molecule has 5 rings (SSSR count). The average molecular weight is 418 g/mol. The maximum Gasteiger partial charge on any atom is 0.254 e. The molecule has 5 heteroatoms. The summed E-state index contributed by atoms with van der Waals surface area (Å²) in [5.74, 6) is -0.145. The van der Waals surface area contributed by atoms with Gasteiger partial charge in [0.05, 0.1) is 11.5 Å². The highest BCUT2D eigenvalue weighted by Crippen LogP contribution is 2.51. The molecule has 0 saturated heterocycles. The fraction of sp³-hybridized carbons (Fsp3) is 0.500. The summed E-state index contributed by atoms with van der Waals surface area (Å²) in [5.41, 5.74) is 2.21. The number of fused-ring (bicyclic) bond motifs is 1. The number of amides is 2. The topological polar surface area (TPSA) is 62.3 Å². The van der Waals surface area contributed by atoms with E-state index in [2.05, 4.69) is 15.2 Å². The van der Waals surface area contributed by atoms with Crippen LogP contribution in [0.5, 0.6) is 0 Å². The third kappa shape index (κ3) is 3.54. The molecule has 2 heterocycles. The van der Waals surface area contributed by atoms with E-state index in [-0.39, 0.29) is 23.8 Å². The first-order valence-corrected chi connectivity index (χ1v) is 11.8. The summed E-state index contributed by atoms with van der Waals surface area (Å²) in [4.78, 5) is 34.0. The van der Waals surface area contributed by atoms with Gasteiger partial charge in [0.15, 0.2) is 0 Å². The van der Waals surface area contributed by atoms with Crippen molar-refractivity contribution in [3.8, 4) is 0 Å². The Morgan fingerprint density at radius 1 is 1.03 bits per heavy atom. The smallest absolute Gasteiger partial charge is 0.254 e. The Labute approximate surface area is 184 Å². The Morgan fingerprint density at radius 2 is 1.81 bits per heavy atom. The summed E-state index contributed by atoms with van der Waals surface area (Å²) in [6, 6.07) is 11.9. The van der Waals surface area contributed by atoms with Crippen LogP contribution in [0.25, 0.3) is 0 Å². The maximum absolute atomic E-state index is 13.8. The predicted octanol–water partition coefficient (Wildman–Crippen LogP) is 4.58. The quantitative estimate of drug-likeness (QED) is 0.792. The first-order chi connectivity index (χ1) is 15.2. The zero-order chi connectivity index (χ0) is 21.3. The number of hydrogen-bond acceptors (Lipinski definition) is 3. The maximum atomic E-state index is 13.8. The number of rotatable bonds is 4. The monoisotopic (exact) mass is 417 g/mol. The van der Waals surface area contributed by atoms with Crippen LogP contribution in [0.4, 0.5) is 0 Å². The second-order valence-electron chi connectivity index (χ2n) is 9.38. The SMILES string of the molecule is O=C(NCc1cccnc1)[C@H]1c2ccccc2C(=O)N(C2CCCC2)C12CCCCC2. The summed E-state index contributed by atoms with van der Waals surface area (Å²) >= 11 is 0. The Kier molecular flexibility index (Phi) is 5.51. The molecule has 0 radical (unpaired) electrons. The van der Waals surface area contributed by atoms with Gasteiger partial charge in [-0.15, -0.1) is 0 Å². The predicted molar refractivity (Wildman–Crippen MR) is 120 cm³/mol. The Bertz CT molecular complexity index is 946. The van der Waals surface area contributed by atoms with Crippen molar-refractivity contribution < 1.29 is 9.59 Å². The van der Waals surface area contributed by atoms with E-state index in [1.54, 1.807) is 12.4 Å². The molecule has 3 aliphatic rings. The second-order valence-corrected chi connectivity index (χ2v) is 9.38. The summed E-state index contributed by atoms with van der Waals surface area (Å²) in [7, 11) is 0. The van der Waals surface area contributed by atoms with Crippen LogP contribution >= 0.6 is 0 Å². The first kappa shape index (κ1) is 20.2. The molecule has 1 aromatic heterocycles. The molecule has 2 amide bonds. The van der Waals surface area contributed by atoms with E-state index in [4.69, 9.17) is 0 Å². The Hall–Kier alpha value is -2.69. The number of carbonyl (C=O) groups is 2. The molecule has 1 aliphatic heterocycles. The largest absolute Gasteiger partial charge is 0.351 e. The summed E-state index contributed by atoms with van der Waals surface area (Å²) in [5, 5.41) is 3.19. The number of nitrogens with zero attached hydrogens (tertiary/aromatic N) is 2. The second kappa shape index (κ2) is 8.45. The van der Waals surface area contributed by atoms with Crippen molar-refractivity contribution in [1.82, 2.24) is 15.2 Å². The molecule has 2 fully saturated rings. The van der Waals surface area contributed by atoms with Gasteiger partial charge in [0.1, 0.15) is 0 Å². The molecule has 31 heavy (non-hydrogen) atoms. The van der Waals surface area contributed by atoms with E-state index in [0.717, 1.165) is 49.7 Å². The van der Waals surface area contributed by atoms with Crippen molar-refractivity contribution in [2.24, 2.45) is 0 Å². The van der Waals surface area contributed by atoms with Crippen molar-refractivity contribution in [3.05, 3.63) is 65.5 Å². The van der Waals surface area contributed by atoms with Gasteiger partial charge in [0, 0.05) is 30.5 Å². The van der Waals surface area contributed by atoms with Crippen LogP contribution in [0.1, 0.15) is 85.2 Å². The molecule has 2 saturated carbocycles. The van der Waals surface area contributed by atoms with Gasteiger partial charge >= 0.3 is 0 Å². The van der Waals surface area contributed by atoms with E-state index in [0.29, 0.717) is 12.1 Å². The van der Waals surface area contributed by atoms with Gasteiger partial charge in [-0.25, -0.2) is 0 Å². The average Bonchev–Trinajstić information content (AvgIpc) is 3.33. The highest BCUT2D eigenvalue weighted by atomic mass is 16.2. The fourth-order valence-electron chi connectivity index (χ4n) is 6.27. The Morgan fingerprint density at radius 3 is 2.55 bits per heavy atom. The highest BCUT2D eigenvalue weighted by Gasteiger charge is 2.56. The number of carbonyl (C=O) groups excluding carboxylic acids is 2. The normalized spacial score (nSPS) is 23.0. The summed E-state index contributed by atoms with van der Waals surface area (Å²) in [6.07, 6.45) is 13.1. The van der Waals surface area contributed by atoms with E-state index >= 15 is 0 Å². The number of pyridine rings is 1. The molecule has 1 N–H and O–H groups in total. The molecular formula is C26H31N3O2.